The lowest BCUT2D eigenvalue weighted by Gasteiger charge is -2.36. The molecule has 114 valence electrons. The van der Waals surface area contributed by atoms with Gasteiger partial charge in [-0.1, -0.05) is 6.42 Å². The molecule has 1 N–H and O–H groups in total. The van der Waals surface area contributed by atoms with E-state index in [1.807, 2.05) is 0 Å². The fourth-order valence-electron chi connectivity index (χ4n) is 3.00. The Labute approximate surface area is 114 Å². The number of carboxylic acids is 1. The Balaban J connectivity index is 2.06. The SMILES string of the molecule is O=C(O)C1CCCCN1C1CCN(CC(F)(F)F)C1=O. The summed E-state index contributed by atoms with van der Waals surface area (Å²) in [6, 6.07) is -1.48. The van der Waals surface area contributed by atoms with Gasteiger partial charge >= 0.3 is 12.1 Å². The van der Waals surface area contributed by atoms with Crippen LogP contribution in [0.3, 0.4) is 0 Å². The van der Waals surface area contributed by atoms with Gasteiger partial charge in [-0.15, -0.1) is 0 Å². The van der Waals surface area contributed by atoms with Crippen molar-refractivity contribution in [2.75, 3.05) is 19.6 Å². The van der Waals surface area contributed by atoms with Crippen molar-refractivity contribution in [1.29, 1.82) is 0 Å². The van der Waals surface area contributed by atoms with Gasteiger partial charge in [0.25, 0.3) is 0 Å². The van der Waals surface area contributed by atoms with Gasteiger partial charge in [0.2, 0.25) is 5.91 Å². The lowest BCUT2D eigenvalue weighted by molar-refractivity contribution is -0.160. The van der Waals surface area contributed by atoms with E-state index in [4.69, 9.17) is 5.11 Å². The van der Waals surface area contributed by atoms with Gasteiger partial charge in [0.1, 0.15) is 12.6 Å². The van der Waals surface area contributed by atoms with E-state index in [0.29, 0.717) is 13.0 Å². The van der Waals surface area contributed by atoms with E-state index in [2.05, 4.69) is 0 Å². The number of carboxylic acid groups (broad SMARTS) is 1. The third-order valence-electron chi connectivity index (χ3n) is 3.87. The quantitative estimate of drug-likeness (QED) is 0.846. The van der Waals surface area contributed by atoms with Crippen LogP contribution in [-0.2, 0) is 9.59 Å². The fourth-order valence-corrected chi connectivity index (χ4v) is 3.00. The summed E-state index contributed by atoms with van der Waals surface area (Å²) in [5.41, 5.74) is 0. The standard InChI is InChI=1S/C12H17F3N2O3/c13-12(14,15)7-16-6-4-8(10(16)18)17-5-2-1-3-9(17)11(19)20/h8-9H,1-7H2,(H,19,20). The highest BCUT2D eigenvalue weighted by atomic mass is 19.4. The zero-order valence-electron chi connectivity index (χ0n) is 10.9. The molecule has 8 heteroatoms. The fraction of sp³-hybridized carbons (Fsp3) is 0.833. The Bertz CT molecular complexity index is 400. The second-order valence-corrected chi connectivity index (χ2v) is 5.27. The van der Waals surface area contributed by atoms with Crippen LogP contribution in [-0.4, -0.2) is 64.7 Å². The number of amides is 1. The van der Waals surface area contributed by atoms with E-state index < -0.39 is 36.7 Å². The summed E-state index contributed by atoms with van der Waals surface area (Å²) in [7, 11) is 0. The number of carbonyl (C=O) groups is 2. The number of likely N-dealkylation sites (tertiary alicyclic amines) is 2. The first kappa shape index (κ1) is 15.1. The molecule has 0 aliphatic carbocycles. The number of nitrogens with zero attached hydrogens (tertiary/aromatic N) is 2. The molecule has 1 amide bonds. The molecule has 2 aliphatic heterocycles. The summed E-state index contributed by atoms with van der Waals surface area (Å²) >= 11 is 0. The van der Waals surface area contributed by atoms with E-state index in [9.17, 15) is 22.8 Å². The lowest BCUT2D eigenvalue weighted by atomic mass is 9.99. The molecule has 0 bridgehead atoms. The van der Waals surface area contributed by atoms with E-state index >= 15 is 0 Å². The average Bonchev–Trinajstić information content (AvgIpc) is 2.69. The third-order valence-corrected chi connectivity index (χ3v) is 3.87. The summed E-state index contributed by atoms with van der Waals surface area (Å²) in [5, 5.41) is 9.16. The van der Waals surface area contributed by atoms with Crippen molar-refractivity contribution >= 4 is 11.9 Å². The zero-order chi connectivity index (χ0) is 14.9. The van der Waals surface area contributed by atoms with E-state index in [1.165, 1.54) is 0 Å². The van der Waals surface area contributed by atoms with Gasteiger partial charge < -0.3 is 10.0 Å². The molecule has 2 unspecified atom stereocenters. The number of halogens is 3. The Morgan fingerprint density at radius 3 is 2.55 bits per heavy atom. The molecule has 0 aromatic rings. The monoisotopic (exact) mass is 294 g/mol. The number of hydrogen-bond donors (Lipinski definition) is 1. The van der Waals surface area contributed by atoms with E-state index in [-0.39, 0.29) is 13.0 Å². The Morgan fingerprint density at radius 1 is 1.25 bits per heavy atom. The van der Waals surface area contributed by atoms with Gasteiger partial charge in [-0.05, 0) is 25.8 Å². The molecule has 20 heavy (non-hydrogen) atoms. The molecule has 0 saturated carbocycles. The summed E-state index contributed by atoms with van der Waals surface area (Å²) in [6.45, 7) is -0.771. The van der Waals surface area contributed by atoms with Crippen LogP contribution in [0.4, 0.5) is 13.2 Å². The summed E-state index contributed by atoms with van der Waals surface area (Å²) in [6.07, 6.45) is -2.18. The van der Waals surface area contributed by atoms with Gasteiger partial charge in [-0.2, -0.15) is 13.2 Å². The molecular formula is C12H17F3N2O3. The molecule has 5 nitrogen and oxygen atoms in total. The Morgan fingerprint density at radius 2 is 1.95 bits per heavy atom. The van der Waals surface area contributed by atoms with Crippen LogP contribution in [0.2, 0.25) is 0 Å². The van der Waals surface area contributed by atoms with Crippen LogP contribution in [0.25, 0.3) is 0 Å². The highest BCUT2D eigenvalue weighted by Crippen LogP contribution is 2.28. The molecular weight excluding hydrogens is 277 g/mol. The smallest absolute Gasteiger partial charge is 0.406 e. The highest BCUT2D eigenvalue weighted by molar-refractivity contribution is 5.85. The van der Waals surface area contributed by atoms with Crippen LogP contribution in [0, 0.1) is 0 Å². The van der Waals surface area contributed by atoms with Crippen molar-refractivity contribution in [3.05, 3.63) is 0 Å². The van der Waals surface area contributed by atoms with Crippen LogP contribution in [0.5, 0.6) is 0 Å². The van der Waals surface area contributed by atoms with E-state index in [1.54, 1.807) is 4.90 Å². The molecule has 2 rings (SSSR count). The first-order valence-corrected chi connectivity index (χ1v) is 6.63. The maximum Gasteiger partial charge on any atom is 0.406 e. The maximum absolute atomic E-state index is 12.4. The summed E-state index contributed by atoms with van der Waals surface area (Å²) in [5.74, 6) is -1.61. The number of rotatable bonds is 3. The molecule has 2 fully saturated rings. The largest absolute Gasteiger partial charge is 0.480 e. The van der Waals surface area contributed by atoms with Crippen LogP contribution < -0.4 is 0 Å². The minimum Gasteiger partial charge on any atom is -0.480 e. The topological polar surface area (TPSA) is 60.9 Å². The van der Waals surface area contributed by atoms with Gasteiger partial charge in [0.15, 0.2) is 0 Å². The molecule has 0 aromatic heterocycles. The number of carbonyl (C=O) groups excluding carboxylic acids is 1. The molecule has 2 aliphatic rings. The Kier molecular flexibility index (Phi) is 4.22. The van der Waals surface area contributed by atoms with Crippen molar-refractivity contribution in [3.8, 4) is 0 Å². The number of hydrogen-bond acceptors (Lipinski definition) is 3. The van der Waals surface area contributed by atoms with Crippen molar-refractivity contribution in [2.45, 2.75) is 43.9 Å². The van der Waals surface area contributed by atoms with Crippen molar-refractivity contribution < 1.29 is 27.9 Å². The number of piperidine rings is 1. The second-order valence-electron chi connectivity index (χ2n) is 5.27. The maximum atomic E-state index is 12.4. The van der Waals surface area contributed by atoms with Crippen LogP contribution in [0.1, 0.15) is 25.7 Å². The van der Waals surface area contributed by atoms with Gasteiger partial charge in [-0.25, -0.2) is 0 Å². The van der Waals surface area contributed by atoms with Crippen LogP contribution >= 0.6 is 0 Å². The summed E-state index contributed by atoms with van der Waals surface area (Å²) in [4.78, 5) is 25.6. The van der Waals surface area contributed by atoms with Crippen molar-refractivity contribution in [3.63, 3.8) is 0 Å². The molecule has 2 atom stereocenters. The van der Waals surface area contributed by atoms with Gasteiger partial charge in [0, 0.05) is 6.54 Å². The lowest BCUT2D eigenvalue weighted by Crippen LogP contribution is -2.53. The number of aliphatic carboxylic acids is 1. The normalized spacial score (nSPS) is 28.9. The molecule has 0 spiro atoms. The second kappa shape index (κ2) is 5.59. The van der Waals surface area contributed by atoms with Crippen molar-refractivity contribution in [2.24, 2.45) is 0 Å². The third kappa shape index (κ3) is 3.23. The predicted octanol–water partition coefficient (Wildman–Crippen LogP) is 1.09. The molecule has 2 heterocycles. The predicted molar refractivity (Wildman–Crippen MR) is 63.0 cm³/mol. The minimum absolute atomic E-state index is 0.0336. The minimum atomic E-state index is -4.42. The van der Waals surface area contributed by atoms with Gasteiger partial charge in [0.05, 0.1) is 6.04 Å². The molecule has 2 saturated heterocycles. The van der Waals surface area contributed by atoms with Crippen LogP contribution in [0.15, 0.2) is 0 Å². The molecule has 0 radical (unpaired) electrons. The highest BCUT2D eigenvalue weighted by Gasteiger charge is 2.44. The number of alkyl halides is 3. The average molecular weight is 294 g/mol. The first-order chi connectivity index (χ1) is 9.29. The van der Waals surface area contributed by atoms with E-state index in [0.717, 1.165) is 17.7 Å². The first-order valence-electron chi connectivity index (χ1n) is 6.63. The van der Waals surface area contributed by atoms with Gasteiger partial charge in [-0.3, -0.25) is 14.5 Å². The zero-order valence-corrected chi connectivity index (χ0v) is 10.9. The molecule has 0 aromatic carbocycles. The van der Waals surface area contributed by atoms with Crippen molar-refractivity contribution in [1.82, 2.24) is 9.80 Å². The Hall–Kier alpha value is -1.31. The summed E-state index contributed by atoms with van der Waals surface area (Å²) < 4.78 is 37.1.